The number of carbonyl (C=O) groups excluding carboxylic acids is 2. The van der Waals surface area contributed by atoms with E-state index in [0.29, 0.717) is 18.7 Å². The molecule has 0 bridgehead atoms. The lowest BCUT2D eigenvalue weighted by molar-refractivity contribution is -0.143. The van der Waals surface area contributed by atoms with E-state index in [1.165, 1.54) is 6.33 Å². The molecule has 1 aliphatic carbocycles. The van der Waals surface area contributed by atoms with Gasteiger partial charge in [0.1, 0.15) is 17.8 Å². The molecule has 0 spiro atoms. The highest BCUT2D eigenvalue weighted by atomic mass is 32.1. The first kappa shape index (κ1) is 23.1. The molecule has 0 atom stereocenters. The first-order valence-electron chi connectivity index (χ1n) is 12.0. The van der Waals surface area contributed by atoms with Crippen molar-refractivity contribution >= 4 is 51.2 Å². The largest absolute Gasteiger partial charge is 0.412 e. The topological polar surface area (TPSA) is 139 Å². The van der Waals surface area contributed by atoms with Crippen LogP contribution in [0.3, 0.4) is 0 Å². The smallest absolute Gasteiger partial charge is 0.383 e. The zero-order chi connectivity index (χ0) is 25.5. The normalized spacial score (nSPS) is 17.7. The molecule has 0 radical (unpaired) electrons. The van der Waals surface area contributed by atoms with Gasteiger partial charge in [-0.15, -0.1) is 11.3 Å². The van der Waals surface area contributed by atoms with E-state index in [2.05, 4.69) is 55.8 Å². The molecule has 5 aromatic rings. The Hall–Kier alpha value is -4.31. The van der Waals surface area contributed by atoms with Crippen molar-refractivity contribution in [1.82, 2.24) is 19.5 Å². The molecule has 1 aromatic carbocycles. The second-order valence-electron chi connectivity index (χ2n) is 9.23. The number of rotatable bonds is 4. The fraction of sp³-hybridized carbons (Fsp3) is 0.222. The molecule has 186 valence electrons. The highest BCUT2D eigenvalue weighted by Gasteiger charge is 2.30. The second-order valence-corrected chi connectivity index (χ2v) is 10.2. The van der Waals surface area contributed by atoms with Gasteiger partial charge in [0, 0.05) is 23.2 Å². The predicted octanol–water partition coefficient (Wildman–Crippen LogP) is 5.31. The van der Waals surface area contributed by atoms with Crippen LogP contribution in [0.2, 0.25) is 0 Å². The molecule has 10 heteroatoms. The summed E-state index contributed by atoms with van der Waals surface area (Å²) in [5, 5.41) is 3.90. The van der Waals surface area contributed by atoms with Gasteiger partial charge in [-0.2, -0.15) is 0 Å². The summed E-state index contributed by atoms with van der Waals surface area (Å²) in [6, 6.07) is 14.5. The first-order chi connectivity index (χ1) is 18.0. The van der Waals surface area contributed by atoms with Gasteiger partial charge in [0.2, 0.25) is 0 Å². The van der Waals surface area contributed by atoms with Crippen LogP contribution in [0.4, 0.5) is 10.6 Å². The number of benzene rings is 1. The SMILES string of the molecule is NC(=O)OC(=O)C1CCC(n2cc(-c3ccc4ccc(-c5cccs5)nc4c3)c3c(N)ncnc32)CC1. The Morgan fingerprint density at radius 2 is 1.86 bits per heavy atom. The minimum Gasteiger partial charge on any atom is -0.383 e. The highest BCUT2D eigenvalue weighted by Crippen LogP contribution is 2.40. The fourth-order valence-electron chi connectivity index (χ4n) is 5.22. The van der Waals surface area contributed by atoms with Crippen LogP contribution >= 0.6 is 11.3 Å². The summed E-state index contributed by atoms with van der Waals surface area (Å²) in [6.45, 7) is 0. The summed E-state index contributed by atoms with van der Waals surface area (Å²) in [7, 11) is 0. The van der Waals surface area contributed by atoms with Crippen molar-refractivity contribution in [2.45, 2.75) is 31.7 Å². The Morgan fingerprint density at radius 3 is 2.62 bits per heavy atom. The van der Waals surface area contributed by atoms with Crippen molar-refractivity contribution in [2.24, 2.45) is 11.7 Å². The van der Waals surface area contributed by atoms with Crippen molar-refractivity contribution < 1.29 is 14.3 Å². The van der Waals surface area contributed by atoms with Crippen LogP contribution in [0.15, 0.2) is 60.4 Å². The monoisotopic (exact) mass is 512 g/mol. The Labute approximate surface area is 216 Å². The van der Waals surface area contributed by atoms with Gasteiger partial charge in [0.25, 0.3) is 0 Å². The van der Waals surface area contributed by atoms with E-state index in [1.807, 2.05) is 17.5 Å². The van der Waals surface area contributed by atoms with Crippen molar-refractivity contribution in [3.63, 3.8) is 0 Å². The molecule has 1 fully saturated rings. The summed E-state index contributed by atoms with van der Waals surface area (Å²) >= 11 is 1.66. The van der Waals surface area contributed by atoms with Gasteiger partial charge in [0.15, 0.2) is 0 Å². The van der Waals surface area contributed by atoms with Crippen molar-refractivity contribution in [1.29, 1.82) is 0 Å². The second kappa shape index (κ2) is 9.29. The maximum absolute atomic E-state index is 12.1. The molecule has 1 saturated carbocycles. The zero-order valence-electron chi connectivity index (χ0n) is 19.8. The number of thiophene rings is 1. The average molecular weight is 513 g/mol. The third-order valence-corrected chi connectivity index (χ3v) is 7.93. The minimum absolute atomic E-state index is 0.118. The summed E-state index contributed by atoms with van der Waals surface area (Å²) < 4.78 is 6.73. The lowest BCUT2D eigenvalue weighted by Gasteiger charge is -2.28. The van der Waals surface area contributed by atoms with E-state index in [1.54, 1.807) is 11.3 Å². The van der Waals surface area contributed by atoms with Crippen LogP contribution in [0.25, 0.3) is 43.6 Å². The molecule has 4 aromatic heterocycles. The summed E-state index contributed by atoms with van der Waals surface area (Å²) in [5.74, 6) is -0.479. The van der Waals surface area contributed by atoms with Gasteiger partial charge >= 0.3 is 12.1 Å². The maximum atomic E-state index is 12.1. The number of pyridine rings is 1. The quantitative estimate of drug-likeness (QED) is 0.246. The molecular weight excluding hydrogens is 488 g/mol. The van der Waals surface area contributed by atoms with Crippen LogP contribution < -0.4 is 11.5 Å². The Kier molecular flexibility index (Phi) is 5.80. The van der Waals surface area contributed by atoms with Crippen LogP contribution in [-0.4, -0.2) is 31.6 Å². The number of ether oxygens (including phenoxy) is 1. The van der Waals surface area contributed by atoms with Crippen molar-refractivity contribution in [3.8, 4) is 21.7 Å². The molecule has 4 heterocycles. The molecule has 0 saturated heterocycles. The first-order valence-corrected chi connectivity index (χ1v) is 12.9. The van der Waals surface area contributed by atoms with E-state index in [4.69, 9.17) is 16.5 Å². The molecule has 1 aliphatic rings. The minimum atomic E-state index is -1.06. The van der Waals surface area contributed by atoms with Gasteiger partial charge in [-0.1, -0.05) is 24.3 Å². The molecule has 37 heavy (non-hydrogen) atoms. The zero-order valence-corrected chi connectivity index (χ0v) is 20.6. The number of aromatic nitrogens is 4. The predicted molar refractivity (Wildman–Crippen MR) is 143 cm³/mol. The van der Waals surface area contributed by atoms with Crippen LogP contribution in [-0.2, 0) is 9.53 Å². The van der Waals surface area contributed by atoms with Gasteiger partial charge in [-0.3, -0.25) is 4.79 Å². The van der Waals surface area contributed by atoms with Crippen LogP contribution in [0.1, 0.15) is 31.7 Å². The number of hydrogen-bond acceptors (Lipinski definition) is 8. The molecule has 0 aliphatic heterocycles. The van der Waals surface area contributed by atoms with E-state index >= 15 is 0 Å². The summed E-state index contributed by atoms with van der Waals surface area (Å²) in [6.07, 6.45) is 5.14. The number of hydrogen-bond donors (Lipinski definition) is 2. The molecule has 0 unspecified atom stereocenters. The third kappa shape index (κ3) is 4.29. The van der Waals surface area contributed by atoms with Crippen LogP contribution in [0.5, 0.6) is 0 Å². The Morgan fingerprint density at radius 1 is 1.05 bits per heavy atom. The third-order valence-electron chi connectivity index (χ3n) is 7.04. The number of nitrogen functional groups attached to an aromatic ring is 1. The van der Waals surface area contributed by atoms with E-state index in [0.717, 1.165) is 56.5 Å². The van der Waals surface area contributed by atoms with Gasteiger partial charge in [-0.05, 0) is 54.8 Å². The Balaban J connectivity index is 1.37. The number of anilines is 1. The highest BCUT2D eigenvalue weighted by molar-refractivity contribution is 7.13. The van der Waals surface area contributed by atoms with E-state index in [9.17, 15) is 9.59 Å². The number of primary amides is 1. The van der Waals surface area contributed by atoms with E-state index in [-0.39, 0.29) is 12.0 Å². The number of fused-ring (bicyclic) bond motifs is 2. The number of nitrogens with two attached hydrogens (primary N) is 2. The van der Waals surface area contributed by atoms with E-state index < -0.39 is 12.1 Å². The molecule has 1 amide bonds. The number of nitrogens with zero attached hydrogens (tertiary/aromatic N) is 4. The molecular formula is C27H24N6O3S. The standard InChI is InChI=1S/C27H24N6O3S/c28-24-23-19(17-4-3-15-7-10-20(32-21(15)12-17)22-2-1-11-37-22)13-33(25(23)31-14-30-24)18-8-5-16(6-9-18)26(34)36-27(29)35/h1-4,7,10-14,16,18H,5-6,8-9H2,(H2,29,35)(H2,28,30,31). The van der Waals surface area contributed by atoms with Gasteiger partial charge < -0.3 is 20.8 Å². The lowest BCUT2D eigenvalue weighted by atomic mass is 9.86. The van der Waals surface area contributed by atoms with Gasteiger partial charge in [0.05, 0.1) is 27.4 Å². The fourth-order valence-corrected chi connectivity index (χ4v) is 5.92. The molecule has 6 rings (SSSR count). The number of amides is 1. The maximum Gasteiger partial charge on any atom is 0.412 e. The van der Waals surface area contributed by atoms with Crippen molar-refractivity contribution in [2.75, 3.05) is 5.73 Å². The lowest BCUT2D eigenvalue weighted by Crippen LogP contribution is -2.28. The molecule has 4 N–H and O–H groups in total. The average Bonchev–Trinajstić information content (AvgIpc) is 3.57. The van der Waals surface area contributed by atoms with Crippen molar-refractivity contribution in [3.05, 3.63) is 60.4 Å². The Bertz CT molecular complexity index is 1640. The summed E-state index contributed by atoms with van der Waals surface area (Å²) in [4.78, 5) is 38.0. The van der Waals surface area contributed by atoms with Crippen LogP contribution in [0, 0.1) is 5.92 Å². The van der Waals surface area contributed by atoms with Gasteiger partial charge in [-0.25, -0.2) is 19.7 Å². The number of esters is 1. The molecule has 9 nitrogen and oxygen atoms in total. The number of carbonyl (C=O) groups is 2. The summed E-state index contributed by atoms with van der Waals surface area (Å²) in [5.41, 5.74) is 15.9.